The van der Waals surface area contributed by atoms with Gasteiger partial charge in [-0.15, -0.1) is 0 Å². The molecule has 1 atom stereocenters. The van der Waals surface area contributed by atoms with Crippen molar-refractivity contribution in [2.75, 3.05) is 56.2 Å². The highest BCUT2D eigenvalue weighted by Crippen LogP contribution is 2.31. The highest BCUT2D eigenvalue weighted by molar-refractivity contribution is 7.90. The van der Waals surface area contributed by atoms with Gasteiger partial charge in [0.25, 0.3) is 16.5 Å². The predicted octanol–water partition coefficient (Wildman–Crippen LogP) is 1.61. The van der Waals surface area contributed by atoms with Gasteiger partial charge in [0.05, 0.1) is 22.2 Å². The van der Waals surface area contributed by atoms with E-state index in [4.69, 9.17) is 14.6 Å². The second kappa shape index (κ2) is 10.4. The van der Waals surface area contributed by atoms with E-state index >= 15 is 0 Å². The van der Waals surface area contributed by atoms with Crippen LogP contribution in [0.4, 0.5) is 11.4 Å². The summed E-state index contributed by atoms with van der Waals surface area (Å²) in [4.78, 5) is 17.5. The maximum atomic E-state index is 13.5. The minimum atomic E-state index is -3.75. The van der Waals surface area contributed by atoms with Crippen molar-refractivity contribution in [3.63, 3.8) is 0 Å². The molecule has 4 heterocycles. The minimum absolute atomic E-state index is 0.227. The standard InChI is InChI=1S/C22H27N5O3S.CH2O2/c1-30-18-8-12-26(15-18)17-4-6-19(7-5-17)31(28,29)27-16-21(25-13-10-23-11-14-25)22-20(27)3-2-9-24-22;2-1-3/h2-7,9,16,18,23H,8,10-15H2,1H3;1H,(H,2,3)/t18-;/m0./s1. The summed E-state index contributed by atoms with van der Waals surface area (Å²) in [6, 6.07) is 10.7. The molecule has 0 spiro atoms. The van der Waals surface area contributed by atoms with Crippen LogP contribution in [-0.4, -0.2) is 81.4 Å². The molecule has 0 radical (unpaired) electrons. The lowest BCUT2D eigenvalue weighted by atomic mass is 10.3. The van der Waals surface area contributed by atoms with Crippen molar-refractivity contribution in [2.45, 2.75) is 17.4 Å². The van der Waals surface area contributed by atoms with E-state index in [2.05, 4.69) is 20.1 Å². The Morgan fingerprint density at radius 1 is 1.12 bits per heavy atom. The number of fused-ring (bicyclic) bond motifs is 1. The summed E-state index contributed by atoms with van der Waals surface area (Å²) in [5.74, 6) is 0. The van der Waals surface area contributed by atoms with E-state index in [1.54, 1.807) is 37.7 Å². The van der Waals surface area contributed by atoms with Crippen LogP contribution in [0.15, 0.2) is 53.7 Å². The second-order valence-electron chi connectivity index (χ2n) is 8.12. The summed E-state index contributed by atoms with van der Waals surface area (Å²) < 4.78 is 33.9. The first-order chi connectivity index (χ1) is 16.5. The van der Waals surface area contributed by atoms with Crippen LogP contribution >= 0.6 is 0 Å². The number of benzene rings is 1. The van der Waals surface area contributed by atoms with E-state index in [0.717, 1.165) is 57.1 Å². The van der Waals surface area contributed by atoms with Gasteiger partial charge in [0, 0.05) is 64.5 Å². The number of nitrogens with one attached hydrogen (secondary N) is 1. The van der Waals surface area contributed by atoms with Gasteiger partial charge in [-0.2, -0.15) is 0 Å². The average Bonchev–Trinajstić information content (AvgIpc) is 3.51. The van der Waals surface area contributed by atoms with Gasteiger partial charge >= 0.3 is 0 Å². The van der Waals surface area contributed by atoms with Crippen molar-refractivity contribution in [1.29, 1.82) is 0 Å². The fraction of sp³-hybridized carbons (Fsp3) is 0.391. The van der Waals surface area contributed by atoms with E-state index in [-0.39, 0.29) is 17.5 Å². The average molecular weight is 488 g/mol. The summed E-state index contributed by atoms with van der Waals surface area (Å²) in [5.41, 5.74) is 3.19. The van der Waals surface area contributed by atoms with Crippen molar-refractivity contribution >= 4 is 38.9 Å². The lowest BCUT2D eigenvalue weighted by molar-refractivity contribution is -0.122. The molecule has 182 valence electrons. The molecule has 1 aromatic carbocycles. The topological polar surface area (TPSA) is 117 Å². The van der Waals surface area contributed by atoms with Crippen molar-refractivity contribution in [1.82, 2.24) is 14.3 Å². The van der Waals surface area contributed by atoms with E-state index in [0.29, 0.717) is 11.0 Å². The molecular formula is C23H29N5O5S. The fourth-order valence-electron chi connectivity index (χ4n) is 4.45. The first kappa shape index (κ1) is 24.0. The molecule has 5 rings (SSSR count). The third-order valence-corrected chi connectivity index (χ3v) is 7.89. The van der Waals surface area contributed by atoms with Crippen LogP contribution in [0, 0.1) is 0 Å². The number of nitrogens with zero attached hydrogens (tertiary/aromatic N) is 4. The summed E-state index contributed by atoms with van der Waals surface area (Å²) >= 11 is 0. The van der Waals surface area contributed by atoms with Gasteiger partial charge in [-0.3, -0.25) is 9.78 Å². The highest BCUT2D eigenvalue weighted by Gasteiger charge is 2.26. The number of ether oxygens (including phenoxy) is 1. The van der Waals surface area contributed by atoms with Crippen LogP contribution in [0.25, 0.3) is 11.0 Å². The number of anilines is 2. The Hall–Kier alpha value is -3.15. The number of hydrogen-bond donors (Lipinski definition) is 2. The maximum absolute atomic E-state index is 13.5. The van der Waals surface area contributed by atoms with Crippen LogP contribution in [0.1, 0.15) is 6.42 Å². The van der Waals surface area contributed by atoms with Gasteiger partial charge in [0.15, 0.2) is 0 Å². The largest absolute Gasteiger partial charge is 0.483 e. The van der Waals surface area contributed by atoms with Gasteiger partial charge < -0.3 is 25.0 Å². The van der Waals surface area contributed by atoms with Gasteiger partial charge in [-0.05, 0) is 42.8 Å². The molecule has 0 bridgehead atoms. The summed E-state index contributed by atoms with van der Waals surface area (Å²) in [5, 5.41) is 10.2. The Morgan fingerprint density at radius 2 is 1.82 bits per heavy atom. The highest BCUT2D eigenvalue weighted by atomic mass is 32.2. The number of carbonyl (C=O) groups is 1. The summed E-state index contributed by atoms with van der Waals surface area (Å²) in [6.45, 7) is 4.87. The number of methoxy groups -OCH3 is 1. The fourth-order valence-corrected chi connectivity index (χ4v) is 5.80. The molecule has 2 aliphatic rings. The Balaban J connectivity index is 0.000000868. The number of carboxylic acid groups (broad SMARTS) is 1. The van der Waals surface area contributed by atoms with Crippen molar-refractivity contribution in [2.24, 2.45) is 0 Å². The molecule has 0 unspecified atom stereocenters. The maximum Gasteiger partial charge on any atom is 0.290 e. The number of rotatable bonds is 5. The first-order valence-corrected chi connectivity index (χ1v) is 12.6. The van der Waals surface area contributed by atoms with Gasteiger partial charge in [0.1, 0.15) is 5.52 Å². The van der Waals surface area contributed by atoms with Crippen LogP contribution < -0.4 is 15.1 Å². The molecule has 0 aliphatic carbocycles. The van der Waals surface area contributed by atoms with Crippen LogP contribution in [0.3, 0.4) is 0 Å². The van der Waals surface area contributed by atoms with Crippen molar-refractivity contribution in [3.8, 4) is 0 Å². The Morgan fingerprint density at radius 3 is 2.47 bits per heavy atom. The smallest absolute Gasteiger partial charge is 0.290 e. The van der Waals surface area contributed by atoms with Gasteiger partial charge in [-0.25, -0.2) is 12.4 Å². The first-order valence-electron chi connectivity index (χ1n) is 11.1. The zero-order valence-corrected chi connectivity index (χ0v) is 19.8. The van der Waals surface area contributed by atoms with E-state index in [1.165, 1.54) is 3.97 Å². The monoisotopic (exact) mass is 487 g/mol. The third kappa shape index (κ3) is 4.72. The molecule has 0 saturated carbocycles. The summed E-state index contributed by atoms with van der Waals surface area (Å²) in [6.07, 6.45) is 4.64. The number of aromatic nitrogens is 2. The Bertz CT molecular complexity index is 1220. The van der Waals surface area contributed by atoms with E-state index in [9.17, 15) is 8.42 Å². The zero-order valence-electron chi connectivity index (χ0n) is 19.0. The van der Waals surface area contributed by atoms with Crippen molar-refractivity contribution < 1.29 is 23.1 Å². The summed E-state index contributed by atoms with van der Waals surface area (Å²) in [7, 11) is -2.02. The predicted molar refractivity (Wildman–Crippen MR) is 130 cm³/mol. The Labute approximate surface area is 198 Å². The molecule has 2 aliphatic heterocycles. The van der Waals surface area contributed by atoms with Crippen molar-refractivity contribution in [3.05, 3.63) is 48.8 Å². The number of piperazine rings is 1. The molecule has 2 fully saturated rings. The molecule has 3 aromatic rings. The molecule has 11 heteroatoms. The minimum Gasteiger partial charge on any atom is -0.483 e. The molecular weight excluding hydrogens is 458 g/mol. The molecule has 34 heavy (non-hydrogen) atoms. The molecule has 10 nitrogen and oxygen atoms in total. The van der Waals surface area contributed by atoms with Crippen LogP contribution in [-0.2, 0) is 19.6 Å². The lowest BCUT2D eigenvalue weighted by Gasteiger charge is -2.28. The zero-order chi connectivity index (χ0) is 24.1. The quantitative estimate of drug-likeness (QED) is 0.518. The van der Waals surface area contributed by atoms with Gasteiger partial charge in [-0.1, -0.05) is 0 Å². The van der Waals surface area contributed by atoms with E-state index in [1.807, 2.05) is 18.2 Å². The third-order valence-electron chi connectivity index (χ3n) is 6.20. The number of hydrogen-bond acceptors (Lipinski definition) is 8. The molecule has 2 saturated heterocycles. The molecule has 2 N–H and O–H groups in total. The molecule has 0 amide bonds. The molecule has 2 aromatic heterocycles. The SMILES string of the molecule is CO[C@H]1CCN(c2ccc(S(=O)(=O)n3cc(N4CCNCC4)c4ncccc43)cc2)C1.O=CO. The van der Waals surface area contributed by atoms with Gasteiger partial charge in [0.2, 0.25) is 0 Å². The number of pyridine rings is 1. The normalized spacial score (nSPS) is 18.6. The lowest BCUT2D eigenvalue weighted by Crippen LogP contribution is -2.43. The van der Waals surface area contributed by atoms with Crippen LogP contribution in [0.5, 0.6) is 0 Å². The second-order valence-corrected chi connectivity index (χ2v) is 9.93. The van der Waals surface area contributed by atoms with Crippen LogP contribution in [0.2, 0.25) is 0 Å². The van der Waals surface area contributed by atoms with E-state index < -0.39 is 10.0 Å². The Kier molecular flexibility index (Phi) is 7.35.